The van der Waals surface area contributed by atoms with E-state index in [0.717, 1.165) is 10.8 Å². The lowest BCUT2D eigenvalue weighted by atomic mass is 10.1. The van der Waals surface area contributed by atoms with Crippen molar-refractivity contribution in [3.8, 4) is 17.3 Å². The van der Waals surface area contributed by atoms with Crippen LogP contribution in [0.25, 0.3) is 17.3 Å². The molecule has 0 radical (unpaired) electrons. The van der Waals surface area contributed by atoms with Gasteiger partial charge in [-0.25, -0.2) is 0 Å². The maximum Gasteiger partial charge on any atom is 0.261 e. The number of thioether (sulfide) groups is 1. The molecule has 1 aliphatic heterocycles. The first-order valence-corrected chi connectivity index (χ1v) is 10.9. The molecule has 3 heterocycles. The second-order valence-electron chi connectivity index (χ2n) is 6.96. The van der Waals surface area contributed by atoms with Crippen LogP contribution in [0.15, 0.2) is 82.6 Å². The molecule has 2 aromatic carbocycles. The Morgan fingerprint density at radius 3 is 2.23 bits per heavy atom. The molecule has 0 aliphatic carbocycles. The molecule has 154 valence electrons. The van der Waals surface area contributed by atoms with E-state index in [2.05, 4.69) is 10.2 Å². The monoisotopic (exact) mass is 430 g/mol. The zero-order valence-corrected chi connectivity index (χ0v) is 17.3. The fourth-order valence-electron chi connectivity index (χ4n) is 3.57. The number of benzene rings is 2. The summed E-state index contributed by atoms with van der Waals surface area (Å²) in [4.78, 5) is 26.3. The molecular formula is C23H18N4O3S. The molecule has 7 nitrogen and oxygen atoms in total. The van der Waals surface area contributed by atoms with Crippen molar-refractivity contribution in [1.29, 1.82) is 0 Å². The standard InChI is InChI=1S/C23H18N4O3S/c28-21-17-10-4-5-11-18(17)22(29)26(21)13-7-15-31-23-25-24-20(19-12-6-14-30-19)27(23)16-8-2-1-3-9-16/h1-6,8-12,14H,7,13,15H2. The van der Waals surface area contributed by atoms with Crippen LogP contribution >= 0.6 is 11.8 Å². The topological polar surface area (TPSA) is 81.2 Å². The van der Waals surface area contributed by atoms with Crippen molar-refractivity contribution in [1.82, 2.24) is 19.7 Å². The molecule has 0 atom stereocenters. The Labute approximate surface area is 182 Å². The van der Waals surface area contributed by atoms with Crippen LogP contribution in [-0.2, 0) is 0 Å². The van der Waals surface area contributed by atoms with Crippen LogP contribution in [0.2, 0.25) is 0 Å². The van der Waals surface area contributed by atoms with E-state index in [9.17, 15) is 9.59 Å². The summed E-state index contributed by atoms with van der Waals surface area (Å²) in [5.74, 6) is 1.49. The lowest BCUT2D eigenvalue weighted by Crippen LogP contribution is -2.31. The molecule has 1 aliphatic rings. The third kappa shape index (κ3) is 3.55. The first-order valence-electron chi connectivity index (χ1n) is 9.87. The van der Waals surface area contributed by atoms with Crippen LogP contribution in [0.3, 0.4) is 0 Å². The van der Waals surface area contributed by atoms with Crippen molar-refractivity contribution in [2.24, 2.45) is 0 Å². The largest absolute Gasteiger partial charge is 0.461 e. The Hall–Kier alpha value is -3.65. The zero-order valence-electron chi connectivity index (χ0n) is 16.5. The fraction of sp³-hybridized carbons (Fsp3) is 0.130. The number of fused-ring (bicyclic) bond motifs is 1. The second kappa shape index (κ2) is 8.23. The van der Waals surface area contributed by atoms with Gasteiger partial charge in [0.15, 0.2) is 10.9 Å². The van der Waals surface area contributed by atoms with Crippen molar-refractivity contribution in [2.75, 3.05) is 12.3 Å². The van der Waals surface area contributed by atoms with E-state index in [-0.39, 0.29) is 11.8 Å². The van der Waals surface area contributed by atoms with Gasteiger partial charge in [-0.15, -0.1) is 10.2 Å². The number of carbonyl (C=O) groups excluding carboxylic acids is 2. The van der Waals surface area contributed by atoms with E-state index in [1.807, 2.05) is 47.0 Å². The smallest absolute Gasteiger partial charge is 0.261 e. The summed E-state index contributed by atoms with van der Waals surface area (Å²) in [7, 11) is 0. The summed E-state index contributed by atoms with van der Waals surface area (Å²) < 4.78 is 7.48. The number of rotatable bonds is 7. The molecule has 0 unspecified atom stereocenters. The average Bonchev–Trinajstić information content (AvgIpc) is 3.53. The number of para-hydroxylation sites is 1. The third-order valence-corrected chi connectivity index (χ3v) is 6.04. The van der Waals surface area contributed by atoms with Crippen molar-refractivity contribution in [3.63, 3.8) is 0 Å². The SMILES string of the molecule is O=C1c2ccccc2C(=O)N1CCCSc1nnc(-c2ccco2)n1-c1ccccc1. The van der Waals surface area contributed by atoms with Crippen molar-refractivity contribution in [3.05, 3.63) is 84.1 Å². The maximum atomic E-state index is 12.5. The molecular weight excluding hydrogens is 412 g/mol. The molecule has 0 bridgehead atoms. The molecule has 0 fully saturated rings. The first-order chi connectivity index (χ1) is 15.2. The fourth-order valence-corrected chi connectivity index (χ4v) is 4.44. The number of imide groups is 1. The predicted molar refractivity (Wildman–Crippen MR) is 116 cm³/mol. The summed E-state index contributed by atoms with van der Waals surface area (Å²) in [5, 5.41) is 9.39. The van der Waals surface area contributed by atoms with Gasteiger partial charge in [-0.1, -0.05) is 42.1 Å². The van der Waals surface area contributed by atoms with Crippen LogP contribution in [0.5, 0.6) is 0 Å². The Kier molecular flexibility index (Phi) is 5.13. The van der Waals surface area contributed by atoms with Crippen molar-refractivity contribution >= 4 is 23.6 Å². The Balaban J connectivity index is 1.30. The summed E-state index contributed by atoms with van der Waals surface area (Å²) in [5.41, 5.74) is 1.89. The molecule has 5 rings (SSSR count). The molecule has 2 amide bonds. The number of nitrogens with zero attached hydrogens (tertiary/aromatic N) is 4. The van der Waals surface area contributed by atoms with Gasteiger partial charge in [-0.05, 0) is 42.8 Å². The Bertz CT molecular complexity index is 1200. The highest BCUT2D eigenvalue weighted by molar-refractivity contribution is 7.99. The van der Waals surface area contributed by atoms with E-state index in [1.54, 1.807) is 30.5 Å². The average molecular weight is 430 g/mol. The van der Waals surface area contributed by atoms with Gasteiger partial charge in [-0.2, -0.15) is 0 Å². The number of aromatic nitrogens is 3. The van der Waals surface area contributed by atoms with Crippen LogP contribution in [0.1, 0.15) is 27.1 Å². The lowest BCUT2D eigenvalue weighted by Gasteiger charge is -2.13. The molecule has 2 aromatic heterocycles. The van der Waals surface area contributed by atoms with Gasteiger partial charge in [-0.3, -0.25) is 19.1 Å². The minimum atomic E-state index is -0.224. The van der Waals surface area contributed by atoms with Gasteiger partial charge in [0.05, 0.1) is 17.4 Å². The number of hydrogen-bond donors (Lipinski definition) is 0. The highest BCUT2D eigenvalue weighted by Crippen LogP contribution is 2.29. The normalized spacial score (nSPS) is 13.1. The van der Waals surface area contributed by atoms with Gasteiger partial charge < -0.3 is 4.42 Å². The quantitative estimate of drug-likeness (QED) is 0.247. The predicted octanol–water partition coefficient (Wildman–Crippen LogP) is 4.31. The highest BCUT2D eigenvalue weighted by Gasteiger charge is 2.34. The molecule has 4 aromatic rings. The number of hydrogen-bond acceptors (Lipinski definition) is 6. The number of carbonyl (C=O) groups is 2. The second-order valence-corrected chi connectivity index (χ2v) is 8.03. The van der Waals surface area contributed by atoms with E-state index in [0.29, 0.717) is 41.4 Å². The van der Waals surface area contributed by atoms with Gasteiger partial charge >= 0.3 is 0 Å². The molecule has 0 spiro atoms. The zero-order chi connectivity index (χ0) is 21.2. The van der Waals surface area contributed by atoms with E-state index in [4.69, 9.17) is 4.42 Å². The molecule has 0 saturated carbocycles. The van der Waals surface area contributed by atoms with Crippen molar-refractivity contribution in [2.45, 2.75) is 11.6 Å². The van der Waals surface area contributed by atoms with Crippen LogP contribution in [0.4, 0.5) is 0 Å². The molecule has 31 heavy (non-hydrogen) atoms. The molecule has 0 saturated heterocycles. The lowest BCUT2D eigenvalue weighted by molar-refractivity contribution is 0.0655. The van der Waals surface area contributed by atoms with Gasteiger partial charge in [0.25, 0.3) is 11.8 Å². The highest BCUT2D eigenvalue weighted by atomic mass is 32.2. The van der Waals surface area contributed by atoms with E-state index >= 15 is 0 Å². The van der Waals surface area contributed by atoms with Crippen LogP contribution in [0, 0.1) is 0 Å². The van der Waals surface area contributed by atoms with Crippen molar-refractivity contribution < 1.29 is 14.0 Å². The van der Waals surface area contributed by atoms with Gasteiger partial charge in [0.1, 0.15) is 0 Å². The Morgan fingerprint density at radius 1 is 0.839 bits per heavy atom. The number of furan rings is 1. The summed E-state index contributed by atoms with van der Waals surface area (Å²) in [6.07, 6.45) is 2.25. The Morgan fingerprint density at radius 2 is 1.55 bits per heavy atom. The summed E-state index contributed by atoms with van der Waals surface area (Å²) >= 11 is 1.53. The summed E-state index contributed by atoms with van der Waals surface area (Å²) in [6.45, 7) is 0.365. The van der Waals surface area contributed by atoms with Crippen LogP contribution in [-0.4, -0.2) is 43.8 Å². The van der Waals surface area contributed by atoms with E-state index < -0.39 is 0 Å². The van der Waals surface area contributed by atoms with Gasteiger partial charge in [0, 0.05) is 18.0 Å². The molecule has 8 heteroatoms. The van der Waals surface area contributed by atoms with Gasteiger partial charge in [0.2, 0.25) is 5.82 Å². The third-order valence-electron chi connectivity index (χ3n) is 5.02. The number of amides is 2. The minimum absolute atomic E-state index is 0.224. The maximum absolute atomic E-state index is 12.5. The van der Waals surface area contributed by atoms with Crippen LogP contribution < -0.4 is 0 Å². The first kappa shape index (κ1) is 19.3. The van der Waals surface area contributed by atoms with E-state index in [1.165, 1.54) is 16.7 Å². The summed E-state index contributed by atoms with van der Waals surface area (Å²) in [6, 6.07) is 20.4. The molecule has 0 N–H and O–H groups in total. The minimum Gasteiger partial charge on any atom is -0.461 e.